The Balaban J connectivity index is 1.98. The van der Waals surface area contributed by atoms with E-state index in [-0.39, 0.29) is 11.7 Å². The monoisotopic (exact) mass is 242 g/mol. The molecule has 2 N–H and O–H groups in total. The number of hydrogen-bond acceptors (Lipinski definition) is 2. The first-order valence-corrected chi connectivity index (χ1v) is 6.58. The molecule has 1 aliphatic heterocycles. The number of H-pyrrole nitrogens is 1. The molecule has 1 aromatic carbocycles. The van der Waals surface area contributed by atoms with Gasteiger partial charge in [-0.3, -0.25) is 4.79 Å². The third-order valence-corrected chi connectivity index (χ3v) is 3.77. The summed E-state index contributed by atoms with van der Waals surface area (Å²) in [6.07, 6.45) is 3.96. The maximum absolute atomic E-state index is 12.5. The van der Waals surface area contributed by atoms with Gasteiger partial charge in [0.15, 0.2) is 5.78 Å². The van der Waals surface area contributed by atoms with Crippen LogP contribution in [0.25, 0.3) is 10.9 Å². The first-order valence-electron chi connectivity index (χ1n) is 6.58. The Bertz CT molecular complexity index is 579. The minimum absolute atomic E-state index is 0.137. The van der Waals surface area contributed by atoms with Crippen LogP contribution >= 0.6 is 0 Å². The second-order valence-corrected chi connectivity index (χ2v) is 5.16. The minimum atomic E-state index is 0.137. The molecule has 0 radical (unpaired) electrons. The van der Waals surface area contributed by atoms with Gasteiger partial charge >= 0.3 is 0 Å². The van der Waals surface area contributed by atoms with Gasteiger partial charge in [-0.25, -0.2) is 0 Å². The largest absolute Gasteiger partial charge is 0.360 e. The second kappa shape index (κ2) is 4.58. The van der Waals surface area contributed by atoms with E-state index in [2.05, 4.69) is 29.4 Å². The molecule has 2 aromatic rings. The fourth-order valence-corrected chi connectivity index (χ4v) is 2.73. The van der Waals surface area contributed by atoms with Crippen LogP contribution < -0.4 is 5.32 Å². The van der Waals surface area contributed by atoms with Crippen molar-refractivity contribution in [1.29, 1.82) is 0 Å². The van der Waals surface area contributed by atoms with Crippen LogP contribution in [0.1, 0.15) is 28.8 Å². The van der Waals surface area contributed by atoms with Crippen LogP contribution in [0.15, 0.2) is 24.4 Å². The molecule has 0 aliphatic carbocycles. The lowest BCUT2D eigenvalue weighted by Crippen LogP contribution is -2.34. The fraction of sp³-hybridized carbons (Fsp3) is 0.400. The highest BCUT2D eigenvalue weighted by Crippen LogP contribution is 2.24. The third kappa shape index (κ3) is 1.95. The van der Waals surface area contributed by atoms with Crippen LogP contribution in [-0.4, -0.2) is 23.9 Å². The van der Waals surface area contributed by atoms with E-state index in [9.17, 15) is 4.79 Å². The molecule has 3 heteroatoms. The summed E-state index contributed by atoms with van der Waals surface area (Å²) in [7, 11) is 0. The topological polar surface area (TPSA) is 44.9 Å². The number of piperidine rings is 1. The number of aryl methyl sites for hydroxylation is 1. The molecule has 0 amide bonds. The summed E-state index contributed by atoms with van der Waals surface area (Å²) in [5, 5.41) is 4.37. The van der Waals surface area contributed by atoms with E-state index in [0.717, 1.165) is 42.4 Å². The molecular formula is C15H18N2O. The number of carbonyl (C=O) groups excluding carboxylic acids is 1. The van der Waals surface area contributed by atoms with Gasteiger partial charge in [0.25, 0.3) is 0 Å². The van der Waals surface area contributed by atoms with E-state index in [1.54, 1.807) is 0 Å². The van der Waals surface area contributed by atoms with Crippen molar-refractivity contribution in [3.05, 3.63) is 35.5 Å². The normalized spacial score (nSPS) is 20.2. The van der Waals surface area contributed by atoms with Gasteiger partial charge in [-0.15, -0.1) is 0 Å². The molecule has 18 heavy (non-hydrogen) atoms. The zero-order chi connectivity index (χ0) is 12.5. The van der Waals surface area contributed by atoms with E-state index in [0.29, 0.717) is 0 Å². The summed E-state index contributed by atoms with van der Waals surface area (Å²) < 4.78 is 0. The number of aromatic amines is 1. The smallest absolute Gasteiger partial charge is 0.169 e. The summed E-state index contributed by atoms with van der Waals surface area (Å²) in [4.78, 5) is 15.7. The number of Topliss-reactive ketones (excluding diaryl/α,β-unsaturated/α-hetero) is 1. The number of aromatic nitrogens is 1. The molecule has 1 saturated heterocycles. The molecule has 1 unspecified atom stereocenters. The molecule has 1 atom stereocenters. The zero-order valence-corrected chi connectivity index (χ0v) is 10.6. The fourth-order valence-electron chi connectivity index (χ4n) is 2.73. The number of benzene rings is 1. The van der Waals surface area contributed by atoms with Crippen molar-refractivity contribution in [2.75, 3.05) is 13.1 Å². The number of nitrogens with one attached hydrogen (secondary N) is 2. The Morgan fingerprint density at radius 1 is 1.39 bits per heavy atom. The van der Waals surface area contributed by atoms with Crippen LogP contribution in [0.3, 0.4) is 0 Å². The Kier molecular flexibility index (Phi) is 2.92. The summed E-state index contributed by atoms with van der Waals surface area (Å²) in [6.45, 7) is 3.91. The predicted octanol–water partition coefficient (Wildman–Crippen LogP) is 2.66. The lowest BCUT2D eigenvalue weighted by Gasteiger charge is -2.21. The van der Waals surface area contributed by atoms with Crippen molar-refractivity contribution in [3.8, 4) is 0 Å². The van der Waals surface area contributed by atoms with E-state index in [1.165, 1.54) is 5.56 Å². The van der Waals surface area contributed by atoms with Crippen molar-refractivity contribution in [3.63, 3.8) is 0 Å². The van der Waals surface area contributed by atoms with Crippen molar-refractivity contribution >= 4 is 16.7 Å². The van der Waals surface area contributed by atoms with Gasteiger partial charge in [0.05, 0.1) is 0 Å². The Hall–Kier alpha value is -1.61. The summed E-state index contributed by atoms with van der Waals surface area (Å²) in [5.74, 6) is 0.414. The van der Waals surface area contributed by atoms with Crippen molar-refractivity contribution in [1.82, 2.24) is 10.3 Å². The molecule has 1 fully saturated rings. The molecule has 3 nitrogen and oxygen atoms in total. The Labute approximate surface area is 107 Å². The number of carbonyl (C=O) groups is 1. The molecule has 1 aliphatic rings. The van der Waals surface area contributed by atoms with E-state index in [4.69, 9.17) is 0 Å². The van der Waals surface area contributed by atoms with Gasteiger partial charge in [-0.2, -0.15) is 0 Å². The first kappa shape index (κ1) is 11.5. The lowest BCUT2D eigenvalue weighted by molar-refractivity contribution is 0.0901. The number of rotatable bonds is 2. The average molecular weight is 242 g/mol. The summed E-state index contributed by atoms with van der Waals surface area (Å²) in [6, 6.07) is 6.20. The van der Waals surface area contributed by atoms with Crippen LogP contribution in [0.5, 0.6) is 0 Å². The van der Waals surface area contributed by atoms with Gasteiger partial charge in [0.1, 0.15) is 0 Å². The molecule has 0 spiro atoms. The zero-order valence-electron chi connectivity index (χ0n) is 10.6. The quantitative estimate of drug-likeness (QED) is 0.795. The maximum atomic E-state index is 12.5. The molecule has 1 aromatic heterocycles. The number of ketones is 1. The SMILES string of the molecule is Cc1ccc2[nH]cc(C(=O)C3CCCNC3)c2c1. The highest BCUT2D eigenvalue weighted by molar-refractivity contribution is 6.09. The van der Waals surface area contributed by atoms with Crippen molar-refractivity contribution < 1.29 is 4.79 Å². The first-order chi connectivity index (χ1) is 8.75. The van der Waals surface area contributed by atoms with Crippen LogP contribution in [0.4, 0.5) is 0 Å². The van der Waals surface area contributed by atoms with Crippen molar-refractivity contribution in [2.24, 2.45) is 5.92 Å². The summed E-state index contributed by atoms with van der Waals surface area (Å²) >= 11 is 0. The molecule has 0 saturated carbocycles. The standard InChI is InChI=1S/C15H18N2O/c1-10-4-5-14-12(7-10)13(9-17-14)15(18)11-3-2-6-16-8-11/h4-5,7,9,11,16-17H,2-3,6,8H2,1H3. The Morgan fingerprint density at radius 3 is 3.06 bits per heavy atom. The van der Waals surface area contributed by atoms with Gasteiger partial charge < -0.3 is 10.3 Å². The van der Waals surface area contributed by atoms with Gasteiger partial charge in [0.2, 0.25) is 0 Å². The number of fused-ring (bicyclic) bond motifs is 1. The van der Waals surface area contributed by atoms with Gasteiger partial charge in [0, 0.05) is 35.1 Å². The second-order valence-electron chi connectivity index (χ2n) is 5.16. The summed E-state index contributed by atoms with van der Waals surface area (Å²) in [5.41, 5.74) is 3.09. The Morgan fingerprint density at radius 2 is 2.28 bits per heavy atom. The molecule has 94 valence electrons. The van der Waals surface area contributed by atoms with E-state index < -0.39 is 0 Å². The third-order valence-electron chi connectivity index (χ3n) is 3.77. The molecule has 0 bridgehead atoms. The van der Waals surface area contributed by atoms with Crippen molar-refractivity contribution in [2.45, 2.75) is 19.8 Å². The van der Waals surface area contributed by atoms with E-state index in [1.807, 2.05) is 12.3 Å². The molecule has 3 rings (SSSR count). The highest BCUT2D eigenvalue weighted by Gasteiger charge is 2.24. The van der Waals surface area contributed by atoms with Gasteiger partial charge in [-0.05, 0) is 38.4 Å². The van der Waals surface area contributed by atoms with Gasteiger partial charge in [-0.1, -0.05) is 11.6 Å². The number of hydrogen-bond donors (Lipinski definition) is 2. The van der Waals surface area contributed by atoms with Crippen LogP contribution in [-0.2, 0) is 0 Å². The minimum Gasteiger partial charge on any atom is -0.360 e. The lowest BCUT2D eigenvalue weighted by atomic mass is 9.90. The predicted molar refractivity (Wildman–Crippen MR) is 73.0 cm³/mol. The maximum Gasteiger partial charge on any atom is 0.169 e. The highest BCUT2D eigenvalue weighted by atomic mass is 16.1. The van der Waals surface area contributed by atoms with E-state index >= 15 is 0 Å². The molecule has 2 heterocycles. The van der Waals surface area contributed by atoms with Crippen LogP contribution in [0, 0.1) is 12.8 Å². The molecular weight excluding hydrogens is 224 g/mol. The average Bonchev–Trinajstić information content (AvgIpc) is 2.82. The van der Waals surface area contributed by atoms with Crippen LogP contribution in [0.2, 0.25) is 0 Å².